The van der Waals surface area contributed by atoms with Crippen LogP contribution >= 0.6 is 0 Å². The van der Waals surface area contributed by atoms with Crippen LogP contribution in [0.15, 0.2) is 97.1 Å². The van der Waals surface area contributed by atoms with Crippen LogP contribution in [0.4, 0.5) is 0 Å². The van der Waals surface area contributed by atoms with Crippen LogP contribution in [0, 0.1) is 0 Å². The highest BCUT2D eigenvalue weighted by Gasteiger charge is 2.30. The third-order valence-electron chi connectivity index (χ3n) is 4.23. The summed E-state index contributed by atoms with van der Waals surface area (Å²) >= 11 is 0. The topological polar surface area (TPSA) is 35.5 Å². The maximum Gasteiger partial charge on any atom is 0.345 e. The van der Waals surface area contributed by atoms with Crippen LogP contribution < -0.4 is 0 Å². The molecule has 3 heteroatoms. The Balaban J connectivity index is 1.72. The van der Waals surface area contributed by atoms with Crippen molar-refractivity contribution in [3.8, 4) is 0 Å². The highest BCUT2D eigenvalue weighted by atomic mass is 16.7. The first-order chi connectivity index (χ1) is 13.3. The molecule has 0 aromatic heterocycles. The third kappa shape index (κ3) is 3.82. The highest BCUT2D eigenvalue weighted by Crippen LogP contribution is 2.34. The van der Waals surface area contributed by atoms with Crippen molar-refractivity contribution < 1.29 is 14.3 Å². The summed E-state index contributed by atoms with van der Waals surface area (Å²) in [5.41, 5.74) is 3.06. The largest absolute Gasteiger partial charge is 0.449 e. The minimum Gasteiger partial charge on any atom is -0.449 e. The zero-order chi connectivity index (χ0) is 18.5. The minimum atomic E-state index is -0.777. The van der Waals surface area contributed by atoms with Gasteiger partial charge in [0.1, 0.15) is 11.3 Å². The zero-order valence-electron chi connectivity index (χ0n) is 14.6. The number of benzene rings is 3. The van der Waals surface area contributed by atoms with Gasteiger partial charge in [-0.05, 0) is 17.2 Å². The van der Waals surface area contributed by atoms with E-state index >= 15 is 0 Å². The predicted octanol–water partition coefficient (Wildman–Crippen LogP) is 5.17. The molecule has 1 aliphatic rings. The Morgan fingerprint density at radius 2 is 1.22 bits per heavy atom. The smallest absolute Gasteiger partial charge is 0.345 e. The lowest BCUT2D eigenvalue weighted by Crippen LogP contribution is -2.26. The molecule has 3 nitrogen and oxygen atoms in total. The average molecular weight is 354 g/mol. The fraction of sp³-hybridized carbons (Fsp3) is 0.0417. The first-order valence-electron chi connectivity index (χ1n) is 8.77. The first kappa shape index (κ1) is 16.9. The van der Waals surface area contributed by atoms with Gasteiger partial charge in [-0.25, -0.2) is 4.79 Å². The van der Waals surface area contributed by atoms with E-state index in [2.05, 4.69) is 0 Å². The Hall–Kier alpha value is -3.59. The molecule has 0 radical (unpaired) electrons. The number of carbonyl (C=O) groups excluding carboxylic acids is 1. The molecule has 132 valence electrons. The molecule has 0 saturated heterocycles. The van der Waals surface area contributed by atoms with E-state index in [1.54, 1.807) is 6.08 Å². The van der Waals surface area contributed by atoms with Crippen molar-refractivity contribution in [2.24, 2.45) is 0 Å². The molecule has 0 saturated carbocycles. The summed E-state index contributed by atoms with van der Waals surface area (Å²) in [5, 5.41) is 0. The lowest BCUT2D eigenvalue weighted by Gasteiger charge is -2.26. The van der Waals surface area contributed by atoms with Crippen molar-refractivity contribution in [3.63, 3.8) is 0 Å². The molecule has 27 heavy (non-hydrogen) atoms. The molecule has 0 N–H and O–H groups in total. The normalized spacial score (nSPS) is 16.9. The number of rotatable bonds is 4. The third-order valence-corrected chi connectivity index (χ3v) is 4.23. The van der Waals surface area contributed by atoms with Crippen molar-refractivity contribution in [1.82, 2.24) is 0 Å². The standard InChI is InChI=1S/C24H18O3/c25-24-22(19-12-6-2-7-13-19)23(20-14-8-3-9-15-20)26-21(27-24)17-16-18-10-4-1-5-11-18/h1-17,21H/b17-16+/t21-/m0/s1. The molecule has 1 atom stereocenters. The molecular formula is C24H18O3. The second kappa shape index (κ2) is 7.75. The molecule has 4 rings (SSSR count). The van der Waals surface area contributed by atoms with Gasteiger partial charge in [-0.1, -0.05) is 97.1 Å². The Labute approximate surface area is 158 Å². The zero-order valence-corrected chi connectivity index (χ0v) is 14.6. The number of hydrogen-bond acceptors (Lipinski definition) is 3. The Kier molecular flexibility index (Phi) is 4.84. The second-order valence-electron chi connectivity index (χ2n) is 6.10. The number of hydrogen-bond donors (Lipinski definition) is 0. The van der Waals surface area contributed by atoms with Crippen LogP contribution in [-0.2, 0) is 14.3 Å². The fourth-order valence-electron chi connectivity index (χ4n) is 2.94. The van der Waals surface area contributed by atoms with Crippen LogP contribution in [-0.4, -0.2) is 12.3 Å². The molecule has 0 unspecified atom stereocenters. The van der Waals surface area contributed by atoms with E-state index in [0.29, 0.717) is 11.3 Å². The van der Waals surface area contributed by atoms with Gasteiger partial charge in [-0.15, -0.1) is 0 Å². The van der Waals surface area contributed by atoms with E-state index < -0.39 is 12.3 Å². The van der Waals surface area contributed by atoms with E-state index in [1.165, 1.54) is 0 Å². The molecular weight excluding hydrogens is 336 g/mol. The average Bonchev–Trinajstić information content (AvgIpc) is 2.74. The van der Waals surface area contributed by atoms with Gasteiger partial charge in [-0.2, -0.15) is 0 Å². The monoisotopic (exact) mass is 354 g/mol. The molecule has 1 aliphatic heterocycles. The van der Waals surface area contributed by atoms with Crippen LogP contribution in [0.1, 0.15) is 16.7 Å². The van der Waals surface area contributed by atoms with Crippen LogP contribution in [0.3, 0.4) is 0 Å². The molecule has 0 bridgehead atoms. The van der Waals surface area contributed by atoms with Gasteiger partial charge >= 0.3 is 5.97 Å². The highest BCUT2D eigenvalue weighted by molar-refractivity contribution is 6.24. The Bertz CT molecular complexity index is 974. The Morgan fingerprint density at radius 1 is 0.667 bits per heavy atom. The quantitative estimate of drug-likeness (QED) is 0.607. The maximum atomic E-state index is 12.8. The summed E-state index contributed by atoms with van der Waals surface area (Å²) in [7, 11) is 0. The number of esters is 1. The van der Waals surface area contributed by atoms with Crippen molar-refractivity contribution >= 4 is 23.4 Å². The van der Waals surface area contributed by atoms with E-state index in [-0.39, 0.29) is 0 Å². The molecule has 3 aromatic carbocycles. The lowest BCUT2D eigenvalue weighted by molar-refractivity contribution is -0.155. The second-order valence-corrected chi connectivity index (χ2v) is 6.10. The Morgan fingerprint density at radius 3 is 1.85 bits per heavy atom. The first-order valence-corrected chi connectivity index (χ1v) is 8.77. The lowest BCUT2D eigenvalue weighted by atomic mass is 10.00. The van der Waals surface area contributed by atoms with Crippen molar-refractivity contribution in [3.05, 3.63) is 114 Å². The fourth-order valence-corrected chi connectivity index (χ4v) is 2.94. The minimum absolute atomic E-state index is 0.394. The number of carbonyl (C=O) groups is 1. The molecule has 0 spiro atoms. The maximum absolute atomic E-state index is 12.8. The van der Waals surface area contributed by atoms with E-state index in [4.69, 9.17) is 9.47 Å². The van der Waals surface area contributed by atoms with Gasteiger partial charge in [0.2, 0.25) is 0 Å². The van der Waals surface area contributed by atoms with Gasteiger partial charge in [-0.3, -0.25) is 0 Å². The molecule has 1 heterocycles. The summed E-state index contributed by atoms with van der Waals surface area (Å²) in [5.74, 6) is 0.134. The predicted molar refractivity (Wildman–Crippen MR) is 106 cm³/mol. The van der Waals surface area contributed by atoms with Crippen molar-refractivity contribution in [1.29, 1.82) is 0 Å². The van der Waals surface area contributed by atoms with E-state index in [0.717, 1.165) is 16.7 Å². The SMILES string of the molecule is O=C1O[C@@H](/C=C/c2ccccc2)OC(c2ccccc2)=C1c1ccccc1. The van der Waals surface area contributed by atoms with Gasteiger partial charge in [0.25, 0.3) is 6.29 Å². The van der Waals surface area contributed by atoms with Crippen LogP contribution in [0.5, 0.6) is 0 Å². The van der Waals surface area contributed by atoms with Gasteiger partial charge < -0.3 is 9.47 Å². The summed E-state index contributed by atoms with van der Waals surface area (Å²) < 4.78 is 11.6. The van der Waals surface area contributed by atoms with E-state index in [1.807, 2.05) is 97.1 Å². The molecule has 0 amide bonds. The number of ether oxygens (including phenoxy) is 2. The van der Waals surface area contributed by atoms with Gasteiger partial charge in [0.05, 0.1) is 0 Å². The van der Waals surface area contributed by atoms with Gasteiger partial charge in [0, 0.05) is 5.56 Å². The number of cyclic esters (lactones) is 1. The summed E-state index contributed by atoms with van der Waals surface area (Å²) in [6.45, 7) is 0. The summed E-state index contributed by atoms with van der Waals surface area (Å²) in [4.78, 5) is 12.8. The molecule has 3 aromatic rings. The summed E-state index contributed by atoms with van der Waals surface area (Å²) in [6.07, 6.45) is 2.85. The van der Waals surface area contributed by atoms with Crippen LogP contribution in [0.2, 0.25) is 0 Å². The van der Waals surface area contributed by atoms with E-state index in [9.17, 15) is 4.79 Å². The molecule has 0 fully saturated rings. The van der Waals surface area contributed by atoms with Crippen molar-refractivity contribution in [2.75, 3.05) is 0 Å². The van der Waals surface area contributed by atoms with Gasteiger partial charge in [0.15, 0.2) is 0 Å². The van der Waals surface area contributed by atoms with Crippen LogP contribution in [0.25, 0.3) is 17.4 Å². The van der Waals surface area contributed by atoms with Crippen molar-refractivity contribution in [2.45, 2.75) is 6.29 Å². The molecule has 0 aliphatic carbocycles. The summed E-state index contributed by atoms with van der Waals surface area (Å²) in [6, 6.07) is 28.9.